The van der Waals surface area contributed by atoms with Crippen LogP contribution in [0.3, 0.4) is 0 Å². The van der Waals surface area contributed by atoms with Crippen molar-refractivity contribution in [3.63, 3.8) is 0 Å². The van der Waals surface area contributed by atoms with Crippen molar-refractivity contribution < 1.29 is 18.2 Å². The minimum Gasteiger partial charge on any atom is -0.755 e. The zero-order valence-corrected chi connectivity index (χ0v) is 19.3. The van der Waals surface area contributed by atoms with E-state index in [1.807, 2.05) is 67.6 Å². The van der Waals surface area contributed by atoms with E-state index in [1.54, 1.807) is 24.3 Å². The summed E-state index contributed by atoms with van der Waals surface area (Å²) in [5.41, 5.74) is 2.55. The molecule has 0 bridgehead atoms. The smallest absolute Gasteiger partial charge is 0.253 e. The number of carbonyl (C=O) groups excluding carboxylic acids is 1. The van der Waals surface area contributed by atoms with Crippen LogP contribution < -0.4 is 9.62 Å². The Hall–Kier alpha value is -3.82. The molecule has 0 aliphatic carbocycles. The van der Waals surface area contributed by atoms with E-state index in [2.05, 4.69) is 15.6 Å². The largest absolute Gasteiger partial charge is 0.755 e. The predicted octanol–water partition coefficient (Wildman–Crippen LogP) is 4.47. The Bertz CT molecular complexity index is 1260. The van der Waals surface area contributed by atoms with E-state index in [-0.39, 0.29) is 23.1 Å². The molecule has 0 radical (unpaired) electrons. The Morgan fingerprint density at radius 3 is 2.32 bits per heavy atom. The SMILES string of the molecule is CCC(NC(=O)c1ccccc1N(c1nonc1Cc1ccccc1)S(=O)[O-])c1ccccc1. The van der Waals surface area contributed by atoms with Gasteiger partial charge >= 0.3 is 0 Å². The molecule has 4 aromatic rings. The molecule has 9 heteroatoms. The quantitative estimate of drug-likeness (QED) is 0.358. The van der Waals surface area contributed by atoms with Gasteiger partial charge in [0, 0.05) is 6.42 Å². The first-order valence-electron chi connectivity index (χ1n) is 10.8. The Morgan fingerprint density at radius 1 is 1.00 bits per heavy atom. The Kier molecular flexibility index (Phi) is 7.46. The van der Waals surface area contributed by atoms with Crippen molar-refractivity contribution in [2.75, 3.05) is 4.31 Å². The van der Waals surface area contributed by atoms with Gasteiger partial charge in [-0.25, -0.2) is 8.93 Å². The molecule has 2 atom stereocenters. The van der Waals surface area contributed by atoms with Crippen molar-refractivity contribution in [3.8, 4) is 0 Å². The molecule has 1 N–H and O–H groups in total. The number of amides is 1. The third kappa shape index (κ3) is 5.22. The molecule has 1 aromatic heterocycles. The van der Waals surface area contributed by atoms with Gasteiger partial charge in [0.25, 0.3) is 5.91 Å². The molecule has 34 heavy (non-hydrogen) atoms. The number of rotatable bonds is 9. The van der Waals surface area contributed by atoms with Crippen LogP contribution in [-0.2, 0) is 17.7 Å². The fourth-order valence-corrected chi connectivity index (χ4v) is 4.31. The summed E-state index contributed by atoms with van der Waals surface area (Å²) in [4.78, 5) is 13.3. The van der Waals surface area contributed by atoms with Crippen LogP contribution in [0.1, 0.15) is 46.6 Å². The highest BCUT2D eigenvalue weighted by Crippen LogP contribution is 2.32. The van der Waals surface area contributed by atoms with Crippen molar-refractivity contribution >= 4 is 28.7 Å². The Morgan fingerprint density at radius 2 is 1.65 bits per heavy atom. The third-order valence-corrected chi connectivity index (χ3v) is 6.04. The highest BCUT2D eigenvalue weighted by molar-refractivity contribution is 7.81. The van der Waals surface area contributed by atoms with Crippen LogP contribution in [0, 0.1) is 0 Å². The maximum Gasteiger partial charge on any atom is 0.253 e. The number of hydrogen-bond donors (Lipinski definition) is 1. The van der Waals surface area contributed by atoms with Crippen LogP contribution in [0.15, 0.2) is 89.6 Å². The first kappa shape index (κ1) is 23.3. The van der Waals surface area contributed by atoms with E-state index < -0.39 is 17.2 Å². The van der Waals surface area contributed by atoms with E-state index >= 15 is 0 Å². The van der Waals surface area contributed by atoms with Crippen LogP contribution in [0.2, 0.25) is 0 Å². The molecule has 0 aliphatic heterocycles. The molecule has 0 spiro atoms. The fraction of sp³-hybridized carbons (Fsp3) is 0.160. The molecule has 174 valence electrons. The monoisotopic (exact) mass is 475 g/mol. The molecule has 4 rings (SSSR count). The van der Waals surface area contributed by atoms with Gasteiger partial charge in [-0.3, -0.25) is 9.00 Å². The minimum absolute atomic E-state index is 0.00698. The minimum atomic E-state index is -2.79. The van der Waals surface area contributed by atoms with Gasteiger partial charge in [0.15, 0.2) is 0 Å². The number of carbonyl (C=O) groups is 1. The lowest BCUT2D eigenvalue weighted by Gasteiger charge is -2.26. The summed E-state index contributed by atoms with van der Waals surface area (Å²) in [5, 5.41) is 10.8. The summed E-state index contributed by atoms with van der Waals surface area (Å²) in [6.45, 7) is 1.97. The molecular formula is C25H23N4O4S-. The number of hydrogen-bond acceptors (Lipinski definition) is 6. The van der Waals surface area contributed by atoms with Crippen LogP contribution in [-0.4, -0.2) is 25.0 Å². The van der Waals surface area contributed by atoms with Crippen LogP contribution in [0.5, 0.6) is 0 Å². The van der Waals surface area contributed by atoms with Crippen molar-refractivity contribution in [3.05, 3.63) is 107 Å². The number of benzene rings is 3. The van der Waals surface area contributed by atoms with Gasteiger partial charge in [-0.2, -0.15) is 0 Å². The first-order chi connectivity index (χ1) is 16.6. The zero-order valence-electron chi connectivity index (χ0n) is 18.5. The second kappa shape index (κ2) is 10.9. The predicted molar refractivity (Wildman–Crippen MR) is 128 cm³/mol. The Labute approximate surface area is 200 Å². The highest BCUT2D eigenvalue weighted by atomic mass is 32.2. The fourth-order valence-electron chi connectivity index (χ4n) is 3.71. The third-order valence-electron chi connectivity index (χ3n) is 5.38. The molecule has 2 unspecified atom stereocenters. The molecule has 8 nitrogen and oxygen atoms in total. The van der Waals surface area contributed by atoms with Crippen molar-refractivity contribution in [2.45, 2.75) is 25.8 Å². The van der Waals surface area contributed by atoms with E-state index in [1.165, 1.54) is 0 Å². The summed E-state index contributed by atoms with van der Waals surface area (Å²) < 4.78 is 30.6. The maximum absolute atomic E-state index is 13.3. The standard InChI is InChI=1S/C25H24N4O4S/c1-2-21(19-13-7-4-8-14-19)26-25(30)20-15-9-10-16-23(20)29(34(31)32)24-22(27-33-28-24)17-18-11-5-3-6-12-18/h3-16,21H,2,17H2,1H3,(H,26,30)(H,31,32)/p-1. The average molecular weight is 476 g/mol. The molecule has 0 fully saturated rings. The van der Waals surface area contributed by atoms with E-state index in [0.717, 1.165) is 15.4 Å². The molecule has 1 amide bonds. The molecule has 1 heterocycles. The lowest BCUT2D eigenvalue weighted by Crippen LogP contribution is -2.31. The number of aromatic nitrogens is 2. The lowest BCUT2D eigenvalue weighted by molar-refractivity contribution is 0.0936. The molecule has 0 saturated heterocycles. The van der Waals surface area contributed by atoms with Crippen molar-refractivity contribution in [2.24, 2.45) is 0 Å². The number of anilines is 2. The van der Waals surface area contributed by atoms with Gasteiger partial charge in [0.1, 0.15) is 5.69 Å². The van der Waals surface area contributed by atoms with Gasteiger partial charge in [0.2, 0.25) is 5.82 Å². The molecular weight excluding hydrogens is 452 g/mol. The van der Waals surface area contributed by atoms with Crippen LogP contribution >= 0.6 is 0 Å². The van der Waals surface area contributed by atoms with E-state index in [9.17, 15) is 13.6 Å². The van der Waals surface area contributed by atoms with Gasteiger partial charge < -0.3 is 9.87 Å². The first-order valence-corrected chi connectivity index (χ1v) is 11.8. The zero-order chi connectivity index (χ0) is 23.9. The van der Waals surface area contributed by atoms with Crippen molar-refractivity contribution in [1.82, 2.24) is 15.6 Å². The number of nitrogens with zero attached hydrogens (tertiary/aromatic N) is 3. The summed E-state index contributed by atoms with van der Waals surface area (Å²) >= 11 is -2.79. The molecule has 0 saturated carbocycles. The molecule has 3 aromatic carbocycles. The van der Waals surface area contributed by atoms with Crippen molar-refractivity contribution in [1.29, 1.82) is 0 Å². The van der Waals surface area contributed by atoms with Gasteiger partial charge in [-0.1, -0.05) is 84.9 Å². The normalized spacial score (nSPS) is 12.6. The van der Waals surface area contributed by atoms with Crippen LogP contribution in [0.4, 0.5) is 11.5 Å². The average Bonchev–Trinajstić information content (AvgIpc) is 3.31. The van der Waals surface area contributed by atoms with E-state index in [4.69, 9.17) is 4.63 Å². The lowest BCUT2D eigenvalue weighted by atomic mass is 10.0. The summed E-state index contributed by atoms with van der Waals surface area (Å²) in [6.07, 6.45) is 0.983. The van der Waals surface area contributed by atoms with Crippen LogP contribution in [0.25, 0.3) is 0 Å². The maximum atomic E-state index is 13.3. The summed E-state index contributed by atoms with van der Waals surface area (Å²) in [5.74, 6) is -0.393. The summed E-state index contributed by atoms with van der Waals surface area (Å²) in [6, 6.07) is 25.3. The highest BCUT2D eigenvalue weighted by Gasteiger charge is 2.26. The number of para-hydroxylation sites is 1. The topological polar surface area (TPSA) is 111 Å². The second-order valence-corrected chi connectivity index (χ2v) is 8.37. The van der Waals surface area contributed by atoms with E-state index in [0.29, 0.717) is 18.5 Å². The summed E-state index contributed by atoms with van der Waals surface area (Å²) in [7, 11) is 0. The second-order valence-electron chi connectivity index (χ2n) is 7.57. The van der Waals surface area contributed by atoms with Gasteiger partial charge in [-0.15, -0.1) is 0 Å². The number of nitrogens with one attached hydrogen (secondary N) is 1. The van der Waals surface area contributed by atoms with Gasteiger partial charge in [0.05, 0.1) is 28.6 Å². The van der Waals surface area contributed by atoms with Gasteiger partial charge in [-0.05, 0) is 34.8 Å². The molecule has 0 aliphatic rings. The Balaban J connectivity index is 1.67.